The van der Waals surface area contributed by atoms with E-state index in [0.29, 0.717) is 6.54 Å². The zero-order valence-electron chi connectivity index (χ0n) is 21.7. The third-order valence-electron chi connectivity index (χ3n) is 8.11. The van der Waals surface area contributed by atoms with Crippen molar-refractivity contribution < 1.29 is 9.59 Å². The molecule has 37 heavy (non-hydrogen) atoms. The maximum Gasteiger partial charge on any atom is 0.249 e. The second-order valence-corrected chi connectivity index (χ2v) is 11.4. The normalized spacial score (nSPS) is 20.2. The Kier molecular flexibility index (Phi) is 7.74. The van der Waals surface area contributed by atoms with Crippen LogP contribution in [0.4, 0.5) is 0 Å². The Morgan fingerprint density at radius 1 is 1.16 bits per heavy atom. The van der Waals surface area contributed by atoms with Crippen LogP contribution in [0.15, 0.2) is 40.5 Å². The van der Waals surface area contributed by atoms with Gasteiger partial charge in [-0.1, -0.05) is 51.3 Å². The highest BCUT2D eigenvalue weighted by Gasteiger charge is 2.40. The number of carbonyl (C=O) groups is 2. The second kappa shape index (κ2) is 11.2. The zero-order chi connectivity index (χ0) is 25.9. The van der Waals surface area contributed by atoms with Crippen molar-refractivity contribution in [2.24, 2.45) is 11.8 Å². The van der Waals surface area contributed by atoms with E-state index in [1.54, 1.807) is 17.4 Å². The minimum atomic E-state index is -0.474. The van der Waals surface area contributed by atoms with Crippen LogP contribution in [0.3, 0.4) is 0 Å². The lowest BCUT2D eigenvalue weighted by molar-refractivity contribution is -0.140. The van der Waals surface area contributed by atoms with Gasteiger partial charge in [0.2, 0.25) is 17.4 Å². The Morgan fingerprint density at radius 3 is 2.73 bits per heavy atom. The van der Waals surface area contributed by atoms with E-state index in [2.05, 4.69) is 10.3 Å². The summed E-state index contributed by atoms with van der Waals surface area (Å²) in [5.41, 5.74) is 2.19. The number of benzene rings is 1. The van der Waals surface area contributed by atoms with Crippen molar-refractivity contribution in [2.45, 2.75) is 77.3 Å². The van der Waals surface area contributed by atoms with Crippen molar-refractivity contribution in [3.05, 3.63) is 51.1 Å². The quantitative estimate of drug-likeness (QED) is 0.434. The second-order valence-electron chi connectivity index (χ2n) is 10.5. The van der Waals surface area contributed by atoms with Crippen molar-refractivity contribution in [3.63, 3.8) is 0 Å². The molecule has 3 atom stereocenters. The number of carbonyl (C=O) groups excluding carboxylic acids is 2. The van der Waals surface area contributed by atoms with Crippen molar-refractivity contribution >= 4 is 34.1 Å². The maximum atomic E-state index is 14.0. The largest absolute Gasteiger partial charge is 0.344 e. The van der Waals surface area contributed by atoms with Gasteiger partial charge in [-0.25, -0.2) is 4.98 Å². The highest BCUT2D eigenvalue weighted by molar-refractivity contribution is 7.10. The van der Waals surface area contributed by atoms with Crippen LogP contribution in [0.5, 0.6) is 0 Å². The molecular weight excluding hydrogens is 484 g/mol. The Bertz CT molecular complexity index is 1330. The smallest absolute Gasteiger partial charge is 0.249 e. The molecule has 3 heterocycles. The lowest BCUT2D eigenvalue weighted by atomic mass is 9.83. The fourth-order valence-corrected chi connectivity index (χ4v) is 6.74. The Labute approximate surface area is 221 Å². The standard InChI is InChI=1S/C29H36N4O3S/c1-3-18(2)27(35)32-26(19-10-5-4-6-11-19)29(36)33-15-9-14-24(33)28-31-23(17-37-28)21-16-25(34)30-22-13-8-7-12-20(21)22/h7-8,12-13,16-19,24,26H,3-6,9-11,14-15H2,1-2H3,(H,30,34)(H,32,35)/t18-,24+,26+/m1/s1. The lowest BCUT2D eigenvalue weighted by Crippen LogP contribution is -2.53. The molecule has 0 radical (unpaired) electrons. The molecule has 0 unspecified atom stereocenters. The number of nitrogens with one attached hydrogen (secondary N) is 2. The predicted octanol–water partition coefficient (Wildman–Crippen LogP) is 5.43. The van der Waals surface area contributed by atoms with Crippen molar-refractivity contribution in [2.75, 3.05) is 6.54 Å². The summed E-state index contributed by atoms with van der Waals surface area (Å²) in [4.78, 5) is 49.0. The van der Waals surface area contributed by atoms with Gasteiger partial charge in [-0.05, 0) is 44.1 Å². The molecule has 8 heteroatoms. The fourth-order valence-electron chi connectivity index (χ4n) is 5.78. The van der Waals surface area contributed by atoms with Gasteiger partial charge in [-0.3, -0.25) is 14.4 Å². The molecule has 2 amide bonds. The summed E-state index contributed by atoms with van der Waals surface area (Å²) in [6.45, 7) is 4.60. The molecule has 1 aliphatic heterocycles. The maximum absolute atomic E-state index is 14.0. The number of aromatic amines is 1. The first-order chi connectivity index (χ1) is 18.0. The number of hydrogen-bond acceptors (Lipinski definition) is 5. The van der Waals surface area contributed by atoms with Crippen LogP contribution in [-0.4, -0.2) is 39.3 Å². The highest BCUT2D eigenvalue weighted by Crippen LogP contribution is 2.38. The molecule has 5 rings (SSSR count). The van der Waals surface area contributed by atoms with Crippen LogP contribution in [0, 0.1) is 11.8 Å². The number of thiazole rings is 1. The first-order valence-corrected chi connectivity index (χ1v) is 14.5. The minimum Gasteiger partial charge on any atom is -0.344 e. The summed E-state index contributed by atoms with van der Waals surface area (Å²) in [5, 5.41) is 6.98. The molecule has 2 aromatic heterocycles. The van der Waals surface area contributed by atoms with Crippen LogP contribution < -0.4 is 10.9 Å². The average molecular weight is 521 g/mol. The lowest BCUT2D eigenvalue weighted by Gasteiger charge is -2.35. The van der Waals surface area contributed by atoms with Gasteiger partial charge in [0.05, 0.1) is 11.7 Å². The van der Waals surface area contributed by atoms with E-state index < -0.39 is 6.04 Å². The van der Waals surface area contributed by atoms with Crippen LogP contribution in [0.1, 0.15) is 76.3 Å². The molecular formula is C29H36N4O3S. The van der Waals surface area contributed by atoms with Gasteiger partial charge < -0.3 is 15.2 Å². The summed E-state index contributed by atoms with van der Waals surface area (Å²) >= 11 is 1.54. The molecule has 1 aromatic carbocycles. The number of pyridine rings is 1. The monoisotopic (exact) mass is 520 g/mol. The molecule has 1 saturated heterocycles. The topological polar surface area (TPSA) is 95.2 Å². The van der Waals surface area contributed by atoms with E-state index in [4.69, 9.17) is 4.98 Å². The van der Waals surface area contributed by atoms with Gasteiger partial charge in [0.25, 0.3) is 0 Å². The van der Waals surface area contributed by atoms with Crippen LogP contribution in [0.2, 0.25) is 0 Å². The van der Waals surface area contributed by atoms with Crippen LogP contribution in [0.25, 0.3) is 22.2 Å². The summed E-state index contributed by atoms with van der Waals surface area (Å²) in [6, 6.07) is 8.75. The number of rotatable bonds is 7. The first-order valence-electron chi connectivity index (χ1n) is 13.6. The van der Waals surface area contributed by atoms with Crippen LogP contribution >= 0.6 is 11.3 Å². The summed E-state index contributed by atoms with van der Waals surface area (Å²) in [6.07, 6.45) is 7.89. The summed E-state index contributed by atoms with van der Waals surface area (Å²) < 4.78 is 0. The van der Waals surface area contributed by atoms with Gasteiger partial charge in [-0.15, -0.1) is 11.3 Å². The van der Waals surface area contributed by atoms with E-state index in [9.17, 15) is 14.4 Å². The van der Waals surface area contributed by atoms with Crippen LogP contribution in [-0.2, 0) is 9.59 Å². The Balaban J connectivity index is 1.42. The molecule has 196 valence electrons. The van der Waals surface area contributed by atoms with Gasteiger partial charge in [0, 0.05) is 40.4 Å². The number of aromatic nitrogens is 2. The number of likely N-dealkylation sites (tertiary alicyclic amines) is 1. The number of fused-ring (bicyclic) bond motifs is 1. The average Bonchev–Trinajstić information content (AvgIpc) is 3.61. The third kappa shape index (κ3) is 5.35. The van der Waals surface area contributed by atoms with Crippen molar-refractivity contribution in [3.8, 4) is 11.3 Å². The van der Waals surface area contributed by atoms with Gasteiger partial charge in [0.1, 0.15) is 11.0 Å². The predicted molar refractivity (Wildman–Crippen MR) is 147 cm³/mol. The third-order valence-corrected chi connectivity index (χ3v) is 9.06. The van der Waals surface area contributed by atoms with E-state index in [-0.39, 0.29) is 35.3 Å². The molecule has 2 fully saturated rings. The van der Waals surface area contributed by atoms with Crippen molar-refractivity contribution in [1.82, 2.24) is 20.2 Å². The van der Waals surface area contributed by atoms with Gasteiger partial charge in [0.15, 0.2) is 0 Å². The number of amides is 2. The van der Waals surface area contributed by atoms with Crippen molar-refractivity contribution in [1.29, 1.82) is 0 Å². The summed E-state index contributed by atoms with van der Waals surface area (Å²) in [5.74, 6) is 0.0766. The molecule has 0 spiro atoms. The Morgan fingerprint density at radius 2 is 1.95 bits per heavy atom. The molecule has 0 bridgehead atoms. The van der Waals surface area contributed by atoms with E-state index in [0.717, 1.165) is 72.1 Å². The molecule has 1 saturated carbocycles. The number of hydrogen-bond donors (Lipinski definition) is 2. The SMILES string of the molecule is CC[C@@H](C)C(=O)N[C@H](C(=O)N1CCC[C@H]1c1nc(-c2cc(=O)[nH]c3ccccc23)cs1)C1CCCCC1. The fraction of sp³-hybridized carbons (Fsp3) is 0.517. The number of para-hydroxylation sites is 1. The molecule has 2 aliphatic rings. The first kappa shape index (κ1) is 25.6. The highest BCUT2D eigenvalue weighted by atomic mass is 32.1. The molecule has 3 aromatic rings. The summed E-state index contributed by atoms with van der Waals surface area (Å²) in [7, 11) is 0. The molecule has 7 nitrogen and oxygen atoms in total. The van der Waals surface area contributed by atoms with E-state index in [1.165, 1.54) is 6.42 Å². The number of H-pyrrole nitrogens is 1. The number of nitrogens with zero attached hydrogens (tertiary/aromatic N) is 2. The van der Waals surface area contributed by atoms with E-state index in [1.807, 2.05) is 48.4 Å². The minimum absolute atomic E-state index is 0.0279. The van der Waals surface area contributed by atoms with Gasteiger partial charge in [-0.2, -0.15) is 0 Å². The molecule has 1 aliphatic carbocycles. The molecule has 2 N–H and O–H groups in total. The zero-order valence-corrected chi connectivity index (χ0v) is 22.5. The Hall–Kier alpha value is -3.00. The van der Waals surface area contributed by atoms with Gasteiger partial charge >= 0.3 is 0 Å². The van der Waals surface area contributed by atoms with E-state index >= 15 is 0 Å².